The van der Waals surface area contributed by atoms with E-state index in [1.807, 2.05) is 0 Å². The van der Waals surface area contributed by atoms with E-state index in [2.05, 4.69) is 19.9 Å². The van der Waals surface area contributed by atoms with Crippen LogP contribution in [0, 0.1) is 0 Å². The zero-order chi connectivity index (χ0) is 10.7. The predicted molar refractivity (Wildman–Crippen MR) is 61.0 cm³/mol. The minimum atomic E-state index is 0.752. The van der Waals surface area contributed by atoms with Gasteiger partial charge in [0.15, 0.2) is 0 Å². The molecule has 0 amide bonds. The van der Waals surface area contributed by atoms with Gasteiger partial charge in [0.05, 0.1) is 13.2 Å². The van der Waals surface area contributed by atoms with Gasteiger partial charge in [-0.25, -0.2) is 0 Å². The minimum Gasteiger partial charge on any atom is -0.376 e. The van der Waals surface area contributed by atoms with E-state index in [1.165, 1.54) is 28.9 Å². The molecule has 1 aromatic heterocycles. The third-order valence-corrected chi connectivity index (χ3v) is 2.97. The summed E-state index contributed by atoms with van der Waals surface area (Å²) in [5, 5.41) is 0. The number of hydrogen-bond acceptors (Lipinski definition) is 2. The fraction of sp³-hybridized carbons (Fsp3) is 0.615. The molecule has 2 nitrogen and oxygen atoms in total. The Balaban J connectivity index is 2.37. The molecule has 0 unspecified atom stereocenters. The van der Waals surface area contributed by atoms with Crippen molar-refractivity contribution in [1.29, 1.82) is 0 Å². The summed E-state index contributed by atoms with van der Waals surface area (Å²) in [5.41, 5.74) is 5.28. The molecular formula is C13H19NO. The molecule has 2 heteroatoms. The second-order valence-corrected chi connectivity index (χ2v) is 4.11. The molecule has 0 aliphatic carbocycles. The molecule has 1 aliphatic heterocycles. The molecule has 0 spiro atoms. The summed E-state index contributed by atoms with van der Waals surface area (Å²) in [6.45, 7) is 5.99. The van der Waals surface area contributed by atoms with Crippen molar-refractivity contribution in [3.8, 4) is 0 Å². The van der Waals surface area contributed by atoms with Gasteiger partial charge in [-0.15, -0.1) is 0 Å². The summed E-state index contributed by atoms with van der Waals surface area (Å²) in [6, 6.07) is 2.30. The number of hydrogen-bond donors (Lipinski definition) is 0. The second-order valence-electron chi connectivity index (χ2n) is 4.11. The lowest BCUT2D eigenvalue weighted by molar-refractivity contribution is 0.109. The second kappa shape index (κ2) is 4.75. The lowest BCUT2D eigenvalue weighted by Gasteiger charge is -2.18. The highest BCUT2D eigenvalue weighted by Gasteiger charge is 2.13. The SMILES string of the molecule is CCCc1nc2c(cc1CC)COCC2. The first-order valence-electron chi connectivity index (χ1n) is 5.93. The van der Waals surface area contributed by atoms with Crippen LogP contribution in [-0.2, 0) is 30.6 Å². The zero-order valence-corrected chi connectivity index (χ0v) is 9.68. The van der Waals surface area contributed by atoms with Crippen molar-refractivity contribution in [3.05, 3.63) is 28.6 Å². The van der Waals surface area contributed by atoms with Crippen molar-refractivity contribution in [3.63, 3.8) is 0 Å². The van der Waals surface area contributed by atoms with Crippen molar-refractivity contribution in [2.45, 2.75) is 46.1 Å². The van der Waals surface area contributed by atoms with Crippen LogP contribution in [0.25, 0.3) is 0 Å². The van der Waals surface area contributed by atoms with E-state index in [4.69, 9.17) is 9.72 Å². The Bertz CT molecular complexity index is 347. The van der Waals surface area contributed by atoms with Crippen LogP contribution in [0.5, 0.6) is 0 Å². The van der Waals surface area contributed by atoms with E-state index >= 15 is 0 Å². The summed E-state index contributed by atoms with van der Waals surface area (Å²) >= 11 is 0. The highest BCUT2D eigenvalue weighted by molar-refractivity contribution is 5.31. The Morgan fingerprint density at radius 2 is 2.27 bits per heavy atom. The quantitative estimate of drug-likeness (QED) is 0.757. The van der Waals surface area contributed by atoms with Crippen LogP contribution in [0.4, 0.5) is 0 Å². The maximum Gasteiger partial charge on any atom is 0.0734 e. The van der Waals surface area contributed by atoms with Gasteiger partial charge in [0.2, 0.25) is 0 Å². The Hall–Kier alpha value is -0.890. The zero-order valence-electron chi connectivity index (χ0n) is 9.68. The first-order chi connectivity index (χ1) is 7.35. The number of aromatic nitrogens is 1. The first-order valence-corrected chi connectivity index (χ1v) is 5.93. The molecule has 1 aromatic rings. The number of aryl methyl sites for hydroxylation is 2. The minimum absolute atomic E-state index is 0.752. The van der Waals surface area contributed by atoms with Gasteiger partial charge in [0.25, 0.3) is 0 Å². The smallest absolute Gasteiger partial charge is 0.0734 e. The third kappa shape index (κ3) is 2.20. The topological polar surface area (TPSA) is 22.1 Å². The van der Waals surface area contributed by atoms with Crippen molar-refractivity contribution in [1.82, 2.24) is 4.98 Å². The fourth-order valence-corrected chi connectivity index (χ4v) is 2.14. The fourth-order valence-electron chi connectivity index (χ4n) is 2.14. The van der Waals surface area contributed by atoms with Gasteiger partial charge in [-0.05, 0) is 30.0 Å². The van der Waals surface area contributed by atoms with Crippen LogP contribution in [0.1, 0.15) is 42.8 Å². The van der Waals surface area contributed by atoms with Crippen LogP contribution < -0.4 is 0 Å². The molecule has 15 heavy (non-hydrogen) atoms. The number of pyridine rings is 1. The predicted octanol–water partition coefficient (Wildman–Crippen LogP) is 2.67. The molecule has 0 N–H and O–H groups in total. The summed E-state index contributed by atoms with van der Waals surface area (Å²) in [4.78, 5) is 4.79. The maximum atomic E-state index is 5.46. The van der Waals surface area contributed by atoms with Crippen molar-refractivity contribution in [2.24, 2.45) is 0 Å². The van der Waals surface area contributed by atoms with Crippen molar-refractivity contribution < 1.29 is 4.74 Å². The molecule has 1 aliphatic rings. The van der Waals surface area contributed by atoms with Crippen LogP contribution in [0.2, 0.25) is 0 Å². The van der Waals surface area contributed by atoms with Crippen molar-refractivity contribution in [2.75, 3.05) is 6.61 Å². The van der Waals surface area contributed by atoms with Gasteiger partial charge in [0.1, 0.15) is 0 Å². The van der Waals surface area contributed by atoms with Crippen LogP contribution >= 0.6 is 0 Å². The highest BCUT2D eigenvalue weighted by atomic mass is 16.5. The van der Waals surface area contributed by atoms with Gasteiger partial charge in [-0.2, -0.15) is 0 Å². The average Bonchev–Trinajstić information content (AvgIpc) is 2.28. The average molecular weight is 205 g/mol. The molecule has 0 bridgehead atoms. The van der Waals surface area contributed by atoms with E-state index in [-0.39, 0.29) is 0 Å². The Morgan fingerprint density at radius 1 is 1.40 bits per heavy atom. The summed E-state index contributed by atoms with van der Waals surface area (Å²) in [6.07, 6.45) is 4.35. The normalized spacial score (nSPS) is 15.1. The number of nitrogens with zero attached hydrogens (tertiary/aromatic N) is 1. The largest absolute Gasteiger partial charge is 0.376 e. The van der Waals surface area contributed by atoms with Gasteiger partial charge < -0.3 is 4.74 Å². The van der Waals surface area contributed by atoms with Crippen LogP contribution in [0.3, 0.4) is 0 Å². The molecule has 0 fully saturated rings. The van der Waals surface area contributed by atoms with Crippen LogP contribution in [0.15, 0.2) is 6.07 Å². The third-order valence-electron chi connectivity index (χ3n) is 2.97. The van der Waals surface area contributed by atoms with E-state index in [1.54, 1.807) is 0 Å². The lowest BCUT2D eigenvalue weighted by atomic mass is 10.0. The number of rotatable bonds is 3. The van der Waals surface area contributed by atoms with E-state index < -0.39 is 0 Å². The summed E-state index contributed by atoms with van der Waals surface area (Å²) < 4.78 is 5.46. The number of ether oxygens (including phenoxy) is 1. The molecule has 0 aromatic carbocycles. The number of fused-ring (bicyclic) bond motifs is 1. The standard InChI is InChI=1S/C13H19NO/c1-3-5-12-10(4-2)8-11-9-15-7-6-13(11)14-12/h8H,3-7,9H2,1-2H3. The Labute approximate surface area is 91.7 Å². The van der Waals surface area contributed by atoms with Crippen molar-refractivity contribution >= 4 is 0 Å². The molecule has 0 saturated carbocycles. The molecule has 2 rings (SSSR count). The van der Waals surface area contributed by atoms with Crippen LogP contribution in [-0.4, -0.2) is 11.6 Å². The molecule has 0 saturated heterocycles. The van der Waals surface area contributed by atoms with Gasteiger partial charge in [-0.1, -0.05) is 20.3 Å². The highest BCUT2D eigenvalue weighted by Crippen LogP contribution is 2.20. The lowest BCUT2D eigenvalue weighted by Crippen LogP contribution is -2.14. The molecule has 0 radical (unpaired) electrons. The first kappa shape index (κ1) is 10.6. The molecule has 82 valence electrons. The monoisotopic (exact) mass is 205 g/mol. The Kier molecular flexibility index (Phi) is 3.37. The molecule has 2 heterocycles. The van der Waals surface area contributed by atoms with E-state index in [0.717, 1.165) is 32.5 Å². The summed E-state index contributed by atoms with van der Waals surface area (Å²) in [7, 11) is 0. The van der Waals surface area contributed by atoms with Gasteiger partial charge >= 0.3 is 0 Å². The summed E-state index contributed by atoms with van der Waals surface area (Å²) in [5.74, 6) is 0. The van der Waals surface area contributed by atoms with E-state index in [0.29, 0.717) is 0 Å². The van der Waals surface area contributed by atoms with Gasteiger partial charge in [-0.3, -0.25) is 4.98 Å². The Morgan fingerprint density at radius 3 is 3.00 bits per heavy atom. The maximum absolute atomic E-state index is 5.46. The molecule has 0 atom stereocenters. The molecular weight excluding hydrogens is 186 g/mol. The van der Waals surface area contributed by atoms with E-state index in [9.17, 15) is 0 Å². The van der Waals surface area contributed by atoms with Gasteiger partial charge in [0, 0.05) is 17.8 Å².